The number of benzene rings is 2. The third-order valence-corrected chi connectivity index (χ3v) is 5.02. The summed E-state index contributed by atoms with van der Waals surface area (Å²) in [6.45, 7) is 10.1. The molecule has 0 saturated carbocycles. The number of amides is 1. The van der Waals surface area contributed by atoms with Gasteiger partial charge in [0, 0.05) is 24.0 Å². The molecule has 2 aromatic carbocycles. The average Bonchev–Trinajstić information content (AvgIpc) is 2.78. The maximum Gasteiger partial charge on any atom is 0.272 e. The Labute approximate surface area is 168 Å². The topological polar surface area (TPSA) is 33.2 Å². The van der Waals surface area contributed by atoms with Crippen LogP contribution in [-0.2, 0) is 0 Å². The maximum absolute atomic E-state index is 13.1. The molecule has 0 bridgehead atoms. The third-order valence-electron chi connectivity index (χ3n) is 5.02. The molecule has 0 aliphatic heterocycles. The van der Waals surface area contributed by atoms with E-state index in [1.54, 1.807) is 4.90 Å². The molecular weight excluding hydrogens is 344 g/mol. The number of carbonyl (C=O) groups is 1. The average molecular weight is 375 g/mol. The Morgan fingerprint density at radius 2 is 1.64 bits per heavy atom. The van der Waals surface area contributed by atoms with E-state index in [-0.39, 0.29) is 11.9 Å². The van der Waals surface area contributed by atoms with E-state index in [1.165, 1.54) is 0 Å². The molecule has 0 saturated heterocycles. The first kappa shape index (κ1) is 21.4. The lowest BCUT2D eigenvalue weighted by Crippen LogP contribution is -2.36. The van der Waals surface area contributed by atoms with Crippen LogP contribution in [0.1, 0.15) is 45.1 Å². The van der Waals surface area contributed by atoms with Gasteiger partial charge in [0.25, 0.3) is 5.91 Å². The smallest absolute Gasteiger partial charge is 0.272 e. The van der Waals surface area contributed by atoms with Crippen molar-refractivity contribution in [3.8, 4) is 11.3 Å². The van der Waals surface area contributed by atoms with Crippen LogP contribution < -0.4 is 0 Å². The molecule has 1 atom stereocenters. The van der Waals surface area contributed by atoms with Crippen molar-refractivity contribution in [1.82, 2.24) is 9.88 Å². The van der Waals surface area contributed by atoms with Gasteiger partial charge in [0.2, 0.25) is 0 Å². The number of allylic oxidation sites excluding steroid dienone is 1. The lowest BCUT2D eigenvalue weighted by Gasteiger charge is -2.25. The predicted molar refractivity (Wildman–Crippen MR) is 120 cm³/mol. The Morgan fingerprint density at radius 3 is 2.29 bits per heavy atom. The minimum Gasteiger partial charge on any atom is -0.334 e. The number of likely N-dealkylation sites (N-methyl/N-ethyl adjacent to an activating group) is 1. The molecule has 0 aliphatic carbocycles. The third kappa shape index (κ3) is 4.48. The standard InChI is InChI=1S/C23H24N2O.C2H6/c1-5-16(2)17(3)25(4)23(26)21-15-19-13-9-10-14-20(19)22(24-21)18-11-7-6-8-12-18;1-2/h5-15,17H,1-4H3;1-2H3/b16-5+;. The number of hydrogen-bond donors (Lipinski definition) is 0. The van der Waals surface area contributed by atoms with Crippen LogP contribution in [0.15, 0.2) is 72.3 Å². The summed E-state index contributed by atoms with van der Waals surface area (Å²) in [5, 5.41) is 2.07. The molecule has 146 valence electrons. The molecule has 0 fully saturated rings. The monoisotopic (exact) mass is 374 g/mol. The minimum absolute atomic E-state index is 0.0287. The lowest BCUT2D eigenvalue weighted by atomic mass is 10.0. The highest BCUT2D eigenvalue weighted by Crippen LogP contribution is 2.28. The van der Waals surface area contributed by atoms with Gasteiger partial charge in [-0.1, -0.05) is 80.1 Å². The van der Waals surface area contributed by atoms with Gasteiger partial charge in [-0.05, 0) is 32.2 Å². The zero-order chi connectivity index (χ0) is 20.7. The van der Waals surface area contributed by atoms with E-state index < -0.39 is 0 Å². The van der Waals surface area contributed by atoms with Gasteiger partial charge < -0.3 is 4.90 Å². The number of pyridine rings is 1. The first-order valence-corrected chi connectivity index (χ1v) is 9.88. The van der Waals surface area contributed by atoms with Crippen LogP contribution in [-0.4, -0.2) is 28.9 Å². The second-order valence-corrected chi connectivity index (χ2v) is 6.57. The van der Waals surface area contributed by atoms with Crippen LogP contribution in [0.4, 0.5) is 0 Å². The van der Waals surface area contributed by atoms with Gasteiger partial charge in [-0.3, -0.25) is 4.79 Å². The largest absolute Gasteiger partial charge is 0.334 e. The van der Waals surface area contributed by atoms with Gasteiger partial charge in [-0.25, -0.2) is 4.98 Å². The van der Waals surface area contributed by atoms with E-state index in [0.29, 0.717) is 5.69 Å². The SMILES string of the molecule is C/C=C(\C)C(C)N(C)C(=O)c1cc2ccccc2c(-c2ccccc2)n1.CC. The van der Waals surface area contributed by atoms with Crippen molar-refractivity contribution in [2.24, 2.45) is 0 Å². The molecule has 3 rings (SSSR count). The van der Waals surface area contributed by atoms with E-state index in [2.05, 4.69) is 6.07 Å². The molecule has 1 aromatic heterocycles. The van der Waals surface area contributed by atoms with Crippen molar-refractivity contribution in [3.63, 3.8) is 0 Å². The van der Waals surface area contributed by atoms with Crippen LogP contribution in [0.3, 0.4) is 0 Å². The number of hydrogen-bond acceptors (Lipinski definition) is 2. The van der Waals surface area contributed by atoms with Crippen molar-refractivity contribution in [3.05, 3.63) is 78.0 Å². The van der Waals surface area contributed by atoms with Crippen molar-refractivity contribution in [2.75, 3.05) is 7.05 Å². The molecule has 0 spiro atoms. The van der Waals surface area contributed by atoms with Gasteiger partial charge in [-0.15, -0.1) is 0 Å². The van der Waals surface area contributed by atoms with E-state index >= 15 is 0 Å². The van der Waals surface area contributed by atoms with Crippen molar-refractivity contribution in [2.45, 2.75) is 40.7 Å². The fraction of sp³-hybridized carbons (Fsp3) is 0.280. The summed E-state index contributed by atoms with van der Waals surface area (Å²) in [5.74, 6) is -0.0679. The molecule has 1 amide bonds. The normalized spacial score (nSPS) is 12.1. The zero-order valence-electron chi connectivity index (χ0n) is 17.7. The van der Waals surface area contributed by atoms with Crippen LogP contribution in [0.5, 0.6) is 0 Å². The summed E-state index contributed by atoms with van der Waals surface area (Å²) in [4.78, 5) is 19.6. The van der Waals surface area contributed by atoms with Crippen molar-refractivity contribution in [1.29, 1.82) is 0 Å². The highest BCUT2D eigenvalue weighted by atomic mass is 16.2. The Balaban J connectivity index is 0.00000136. The fourth-order valence-electron chi connectivity index (χ4n) is 3.03. The summed E-state index contributed by atoms with van der Waals surface area (Å²) < 4.78 is 0. The first-order chi connectivity index (χ1) is 13.5. The summed E-state index contributed by atoms with van der Waals surface area (Å²) in [5.41, 5.74) is 3.49. The van der Waals surface area contributed by atoms with Gasteiger partial charge in [0.1, 0.15) is 5.69 Å². The van der Waals surface area contributed by atoms with Gasteiger partial charge >= 0.3 is 0 Å². The molecular formula is C25H30N2O. The molecule has 0 radical (unpaired) electrons. The van der Waals surface area contributed by atoms with Crippen LogP contribution in [0, 0.1) is 0 Å². The van der Waals surface area contributed by atoms with Crippen LogP contribution in [0.25, 0.3) is 22.0 Å². The summed E-state index contributed by atoms with van der Waals surface area (Å²) in [6, 6.07) is 20.0. The predicted octanol–water partition coefficient (Wildman–Crippen LogP) is 6.35. The Bertz CT molecular complexity index is 961. The number of fused-ring (bicyclic) bond motifs is 1. The highest BCUT2D eigenvalue weighted by Gasteiger charge is 2.21. The van der Waals surface area contributed by atoms with Crippen molar-refractivity contribution >= 4 is 16.7 Å². The first-order valence-electron chi connectivity index (χ1n) is 9.88. The van der Waals surface area contributed by atoms with Gasteiger partial charge in [-0.2, -0.15) is 0 Å². The minimum atomic E-state index is -0.0679. The Morgan fingerprint density at radius 1 is 1.04 bits per heavy atom. The number of nitrogens with zero attached hydrogens (tertiary/aromatic N) is 2. The molecule has 28 heavy (non-hydrogen) atoms. The number of rotatable bonds is 4. The summed E-state index contributed by atoms with van der Waals surface area (Å²) in [6.07, 6.45) is 2.04. The van der Waals surface area contributed by atoms with E-state index in [1.807, 2.05) is 102 Å². The number of carbonyl (C=O) groups excluding carboxylic acids is 1. The molecule has 1 heterocycles. The molecule has 0 aliphatic rings. The lowest BCUT2D eigenvalue weighted by molar-refractivity contribution is 0.0758. The van der Waals surface area contributed by atoms with E-state index in [9.17, 15) is 4.79 Å². The van der Waals surface area contributed by atoms with Gasteiger partial charge in [0.15, 0.2) is 0 Å². The van der Waals surface area contributed by atoms with E-state index in [0.717, 1.165) is 27.6 Å². The zero-order valence-corrected chi connectivity index (χ0v) is 17.7. The fourth-order valence-corrected chi connectivity index (χ4v) is 3.03. The summed E-state index contributed by atoms with van der Waals surface area (Å²) >= 11 is 0. The van der Waals surface area contributed by atoms with Crippen molar-refractivity contribution < 1.29 is 4.79 Å². The number of aromatic nitrogens is 1. The second kappa shape index (κ2) is 9.84. The molecule has 3 nitrogen and oxygen atoms in total. The second-order valence-electron chi connectivity index (χ2n) is 6.57. The Hall–Kier alpha value is -2.94. The molecule has 1 unspecified atom stereocenters. The van der Waals surface area contributed by atoms with Crippen LogP contribution in [0.2, 0.25) is 0 Å². The molecule has 0 N–H and O–H groups in total. The Kier molecular flexibility index (Phi) is 7.51. The van der Waals surface area contributed by atoms with Gasteiger partial charge in [0.05, 0.1) is 5.69 Å². The van der Waals surface area contributed by atoms with Crippen LogP contribution >= 0.6 is 0 Å². The van der Waals surface area contributed by atoms with E-state index in [4.69, 9.17) is 4.98 Å². The molecule has 3 aromatic rings. The quantitative estimate of drug-likeness (QED) is 0.498. The highest BCUT2D eigenvalue weighted by molar-refractivity contribution is 6.01. The molecule has 3 heteroatoms. The summed E-state index contributed by atoms with van der Waals surface area (Å²) in [7, 11) is 1.83. The maximum atomic E-state index is 13.1.